The van der Waals surface area contributed by atoms with Gasteiger partial charge in [-0.2, -0.15) is 13.2 Å². The summed E-state index contributed by atoms with van der Waals surface area (Å²) in [4.78, 5) is 23.8. The average molecular weight is 267 g/mol. The zero-order chi connectivity index (χ0) is 13.8. The maximum atomic E-state index is 11.8. The molecule has 1 aliphatic rings. The average Bonchev–Trinajstić information content (AvgIpc) is 2.96. The van der Waals surface area contributed by atoms with E-state index in [1.54, 1.807) is 5.32 Å². The molecule has 0 bridgehead atoms. The molecule has 0 aromatic heterocycles. The van der Waals surface area contributed by atoms with Crippen LogP contribution in [-0.4, -0.2) is 55.6 Å². The first-order valence-corrected chi connectivity index (χ1v) is 5.57. The minimum absolute atomic E-state index is 0.00403. The quantitative estimate of drug-likeness (QED) is 0.705. The van der Waals surface area contributed by atoms with Crippen LogP contribution < -0.4 is 10.6 Å². The third-order valence-electron chi connectivity index (χ3n) is 2.26. The highest BCUT2D eigenvalue weighted by molar-refractivity contribution is 5.81. The Balaban J connectivity index is 2.15. The molecule has 1 aliphatic carbocycles. The molecule has 0 spiro atoms. The molecule has 5 nitrogen and oxygen atoms in total. The third kappa shape index (κ3) is 7.10. The highest BCUT2D eigenvalue weighted by Crippen LogP contribution is 2.18. The molecule has 0 atom stereocenters. The summed E-state index contributed by atoms with van der Waals surface area (Å²) >= 11 is 0. The molecular weight excluding hydrogens is 251 g/mol. The number of alkyl halides is 3. The van der Waals surface area contributed by atoms with Crippen LogP contribution in [0.25, 0.3) is 0 Å². The predicted octanol–water partition coefficient (Wildman–Crippen LogP) is -0.125. The molecule has 2 N–H and O–H groups in total. The van der Waals surface area contributed by atoms with E-state index in [1.807, 2.05) is 0 Å². The van der Waals surface area contributed by atoms with Gasteiger partial charge in [-0.1, -0.05) is 0 Å². The molecule has 18 heavy (non-hydrogen) atoms. The Morgan fingerprint density at radius 3 is 2.28 bits per heavy atom. The number of carbonyl (C=O) groups is 2. The smallest absolute Gasteiger partial charge is 0.352 e. The molecule has 0 aliphatic heterocycles. The van der Waals surface area contributed by atoms with Gasteiger partial charge in [-0.25, -0.2) is 0 Å². The monoisotopic (exact) mass is 267 g/mol. The lowest BCUT2D eigenvalue weighted by atomic mass is 10.4. The van der Waals surface area contributed by atoms with Crippen LogP contribution in [-0.2, 0) is 9.59 Å². The maximum absolute atomic E-state index is 11.8. The van der Waals surface area contributed by atoms with E-state index in [9.17, 15) is 22.8 Å². The van der Waals surface area contributed by atoms with Crippen molar-refractivity contribution in [1.82, 2.24) is 15.5 Å². The van der Waals surface area contributed by atoms with Gasteiger partial charge in [0.25, 0.3) is 0 Å². The second kappa shape index (κ2) is 6.03. The van der Waals surface area contributed by atoms with Gasteiger partial charge >= 0.3 is 6.18 Å². The van der Waals surface area contributed by atoms with E-state index in [1.165, 1.54) is 11.9 Å². The van der Waals surface area contributed by atoms with Gasteiger partial charge < -0.3 is 10.6 Å². The normalized spacial score (nSPS) is 15.6. The molecule has 0 aromatic carbocycles. The Bertz CT molecular complexity index is 316. The van der Waals surface area contributed by atoms with Crippen LogP contribution in [0.2, 0.25) is 0 Å². The summed E-state index contributed by atoms with van der Waals surface area (Å²) in [5.74, 6) is -0.974. The van der Waals surface area contributed by atoms with Crippen molar-refractivity contribution < 1.29 is 22.8 Å². The molecular formula is C10H16F3N3O2. The van der Waals surface area contributed by atoms with E-state index in [2.05, 4.69) is 5.32 Å². The zero-order valence-electron chi connectivity index (χ0n) is 10.0. The fourth-order valence-electron chi connectivity index (χ4n) is 1.30. The lowest BCUT2D eigenvalue weighted by Gasteiger charge is -2.16. The van der Waals surface area contributed by atoms with Gasteiger partial charge in [-0.15, -0.1) is 0 Å². The Morgan fingerprint density at radius 1 is 1.22 bits per heavy atom. The Kier molecular flexibility index (Phi) is 4.94. The van der Waals surface area contributed by atoms with Crippen LogP contribution in [0.5, 0.6) is 0 Å². The van der Waals surface area contributed by atoms with E-state index < -0.39 is 18.6 Å². The van der Waals surface area contributed by atoms with E-state index >= 15 is 0 Å². The number of hydrogen-bond donors (Lipinski definition) is 2. The van der Waals surface area contributed by atoms with Crippen molar-refractivity contribution >= 4 is 11.8 Å². The number of hydrogen-bond acceptors (Lipinski definition) is 3. The molecule has 0 heterocycles. The van der Waals surface area contributed by atoms with Gasteiger partial charge in [0.05, 0.1) is 13.1 Å². The molecule has 0 aromatic rings. The summed E-state index contributed by atoms with van der Waals surface area (Å²) in [5.41, 5.74) is 0. The summed E-state index contributed by atoms with van der Waals surface area (Å²) in [6, 6.07) is 0.227. The minimum Gasteiger partial charge on any atom is -0.352 e. The maximum Gasteiger partial charge on any atom is 0.405 e. The van der Waals surface area contributed by atoms with Crippen molar-refractivity contribution in [3.05, 3.63) is 0 Å². The molecule has 1 fully saturated rings. The molecule has 104 valence electrons. The topological polar surface area (TPSA) is 61.4 Å². The van der Waals surface area contributed by atoms with Crippen molar-refractivity contribution in [2.45, 2.75) is 25.1 Å². The highest BCUT2D eigenvalue weighted by Gasteiger charge is 2.28. The first-order chi connectivity index (χ1) is 8.26. The van der Waals surface area contributed by atoms with Crippen molar-refractivity contribution in [2.24, 2.45) is 0 Å². The highest BCUT2D eigenvalue weighted by atomic mass is 19.4. The zero-order valence-corrected chi connectivity index (χ0v) is 10.0. The van der Waals surface area contributed by atoms with E-state index in [0.717, 1.165) is 12.8 Å². The fraction of sp³-hybridized carbons (Fsp3) is 0.800. The van der Waals surface area contributed by atoms with Crippen LogP contribution >= 0.6 is 0 Å². The number of carbonyl (C=O) groups excluding carboxylic acids is 2. The first-order valence-electron chi connectivity index (χ1n) is 5.57. The number of nitrogens with one attached hydrogen (secondary N) is 2. The van der Waals surface area contributed by atoms with Crippen molar-refractivity contribution in [3.63, 3.8) is 0 Å². The Hall–Kier alpha value is -1.31. The van der Waals surface area contributed by atoms with E-state index in [0.29, 0.717) is 0 Å². The van der Waals surface area contributed by atoms with Gasteiger partial charge in [0.1, 0.15) is 6.54 Å². The van der Waals surface area contributed by atoms with Gasteiger partial charge in [0.15, 0.2) is 0 Å². The predicted molar refractivity (Wildman–Crippen MR) is 57.7 cm³/mol. The molecule has 0 saturated heterocycles. The molecule has 0 radical (unpaired) electrons. The van der Waals surface area contributed by atoms with E-state index in [4.69, 9.17) is 0 Å². The second-order valence-electron chi connectivity index (χ2n) is 4.41. The van der Waals surface area contributed by atoms with Crippen LogP contribution in [0.3, 0.4) is 0 Å². The first kappa shape index (κ1) is 14.7. The summed E-state index contributed by atoms with van der Waals surface area (Å²) in [7, 11) is 1.50. The van der Waals surface area contributed by atoms with Crippen molar-refractivity contribution in [2.75, 3.05) is 26.7 Å². The lowest BCUT2D eigenvalue weighted by molar-refractivity contribution is -0.139. The number of halogens is 3. The summed E-state index contributed by atoms with van der Waals surface area (Å²) in [6.07, 6.45) is -2.50. The van der Waals surface area contributed by atoms with Crippen molar-refractivity contribution in [1.29, 1.82) is 0 Å². The van der Waals surface area contributed by atoms with E-state index in [-0.39, 0.29) is 25.0 Å². The summed E-state index contributed by atoms with van der Waals surface area (Å²) < 4.78 is 35.5. The number of amides is 2. The SMILES string of the molecule is CN(CC(=O)NCC(F)(F)F)CC(=O)NC1CC1. The Labute approximate surface area is 103 Å². The van der Waals surface area contributed by atoms with Crippen LogP contribution in [0.1, 0.15) is 12.8 Å². The second-order valence-corrected chi connectivity index (χ2v) is 4.41. The molecule has 8 heteroatoms. The molecule has 1 saturated carbocycles. The third-order valence-corrected chi connectivity index (χ3v) is 2.26. The number of rotatable bonds is 6. The van der Waals surface area contributed by atoms with Gasteiger partial charge in [0, 0.05) is 6.04 Å². The van der Waals surface area contributed by atoms with Gasteiger partial charge in [-0.05, 0) is 19.9 Å². The Morgan fingerprint density at radius 2 is 1.78 bits per heavy atom. The fourth-order valence-corrected chi connectivity index (χ4v) is 1.30. The van der Waals surface area contributed by atoms with Crippen molar-refractivity contribution in [3.8, 4) is 0 Å². The van der Waals surface area contributed by atoms with Crippen LogP contribution in [0.4, 0.5) is 13.2 Å². The molecule has 0 unspecified atom stereocenters. The molecule has 2 amide bonds. The standard InChI is InChI=1S/C10H16F3N3O2/c1-16(5-9(18)15-7-2-3-7)4-8(17)14-6-10(11,12)13/h7H,2-6H2,1H3,(H,14,17)(H,15,18). The summed E-state index contributed by atoms with van der Waals surface area (Å²) in [5, 5.41) is 4.46. The molecule has 1 rings (SSSR count). The minimum atomic E-state index is -4.42. The van der Waals surface area contributed by atoms with Gasteiger partial charge in [-0.3, -0.25) is 14.5 Å². The largest absolute Gasteiger partial charge is 0.405 e. The van der Waals surface area contributed by atoms with Crippen LogP contribution in [0, 0.1) is 0 Å². The van der Waals surface area contributed by atoms with Gasteiger partial charge in [0.2, 0.25) is 11.8 Å². The summed E-state index contributed by atoms with van der Waals surface area (Å²) in [6.45, 7) is -1.60. The van der Waals surface area contributed by atoms with Crippen LogP contribution in [0.15, 0.2) is 0 Å². The number of nitrogens with zero attached hydrogens (tertiary/aromatic N) is 1. The lowest BCUT2D eigenvalue weighted by Crippen LogP contribution is -2.43. The number of likely N-dealkylation sites (N-methyl/N-ethyl adjacent to an activating group) is 1.